The monoisotopic (exact) mass is 326 g/mol. The lowest BCUT2D eigenvalue weighted by atomic mass is 9.83. The molecule has 1 amide bonds. The lowest BCUT2D eigenvalue weighted by Gasteiger charge is -2.29. The van der Waals surface area contributed by atoms with Gasteiger partial charge in [-0.05, 0) is 42.4 Å². The highest BCUT2D eigenvalue weighted by Crippen LogP contribution is 2.40. The van der Waals surface area contributed by atoms with Crippen LogP contribution >= 0.6 is 12.4 Å². The third kappa shape index (κ3) is 4.97. The zero-order chi connectivity index (χ0) is 15.1. The minimum atomic E-state index is 0. The Hall–Kier alpha value is -1.10. The van der Waals surface area contributed by atoms with Crippen LogP contribution in [0.1, 0.15) is 48.0 Å². The van der Waals surface area contributed by atoms with E-state index in [1.165, 1.54) is 25.7 Å². The zero-order valence-electron chi connectivity index (χ0n) is 13.3. The van der Waals surface area contributed by atoms with Gasteiger partial charge in [-0.1, -0.05) is 25.0 Å². The van der Waals surface area contributed by atoms with Crippen molar-refractivity contribution >= 4 is 18.3 Å². The van der Waals surface area contributed by atoms with Crippen molar-refractivity contribution in [2.24, 2.45) is 11.1 Å². The normalized spacial score (nSPS) is 16.1. The van der Waals surface area contributed by atoms with Crippen molar-refractivity contribution in [3.05, 3.63) is 35.4 Å². The third-order valence-electron chi connectivity index (χ3n) is 4.58. The van der Waals surface area contributed by atoms with Crippen LogP contribution < -0.4 is 11.1 Å². The molecule has 22 heavy (non-hydrogen) atoms. The Kier molecular flexibility index (Phi) is 7.87. The van der Waals surface area contributed by atoms with Crippen molar-refractivity contribution in [1.82, 2.24) is 5.32 Å². The molecule has 0 unspecified atom stereocenters. The molecule has 0 spiro atoms. The molecule has 1 saturated carbocycles. The van der Waals surface area contributed by atoms with E-state index < -0.39 is 0 Å². The number of hydrogen-bond donors (Lipinski definition) is 2. The van der Waals surface area contributed by atoms with E-state index in [1.54, 1.807) is 7.11 Å². The van der Waals surface area contributed by atoms with E-state index in [-0.39, 0.29) is 23.7 Å². The highest BCUT2D eigenvalue weighted by atomic mass is 35.5. The highest BCUT2D eigenvalue weighted by Gasteiger charge is 2.33. The number of nitrogens with two attached hydrogens (primary N) is 1. The summed E-state index contributed by atoms with van der Waals surface area (Å²) in [6.07, 6.45) is 5.90. The van der Waals surface area contributed by atoms with Crippen molar-refractivity contribution in [2.75, 3.05) is 20.3 Å². The number of benzene rings is 1. The fourth-order valence-electron chi connectivity index (χ4n) is 3.12. The highest BCUT2D eigenvalue weighted by molar-refractivity contribution is 5.94. The van der Waals surface area contributed by atoms with Crippen molar-refractivity contribution in [3.8, 4) is 0 Å². The Morgan fingerprint density at radius 3 is 2.45 bits per heavy atom. The van der Waals surface area contributed by atoms with Crippen molar-refractivity contribution < 1.29 is 9.53 Å². The third-order valence-corrected chi connectivity index (χ3v) is 4.58. The molecule has 4 nitrogen and oxygen atoms in total. The van der Waals surface area contributed by atoms with E-state index in [1.807, 2.05) is 24.3 Å². The van der Waals surface area contributed by atoms with E-state index in [0.717, 1.165) is 25.1 Å². The van der Waals surface area contributed by atoms with Crippen LogP contribution in [0.2, 0.25) is 0 Å². The lowest BCUT2D eigenvalue weighted by molar-refractivity contribution is 0.0903. The second-order valence-corrected chi connectivity index (χ2v) is 6.03. The van der Waals surface area contributed by atoms with Crippen LogP contribution in [0.15, 0.2) is 24.3 Å². The number of methoxy groups -OCH3 is 1. The van der Waals surface area contributed by atoms with Crippen LogP contribution in [-0.4, -0.2) is 26.2 Å². The van der Waals surface area contributed by atoms with Gasteiger partial charge >= 0.3 is 0 Å². The Morgan fingerprint density at radius 2 is 1.91 bits per heavy atom. The second-order valence-electron chi connectivity index (χ2n) is 6.03. The molecule has 0 aliphatic heterocycles. The van der Waals surface area contributed by atoms with E-state index in [4.69, 9.17) is 10.5 Å². The summed E-state index contributed by atoms with van der Waals surface area (Å²) in [5.41, 5.74) is 7.54. The molecule has 0 atom stereocenters. The molecule has 5 heteroatoms. The molecule has 0 aromatic heterocycles. The summed E-state index contributed by atoms with van der Waals surface area (Å²) in [6, 6.07) is 7.50. The molecular formula is C17H27ClN2O2. The summed E-state index contributed by atoms with van der Waals surface area (Å²) in [5, 5.41) is 3.10. The molecule has 2 rings (SSSR count). The molecular weight excluding hydrogens is 300 g/mol. The molecule has 1 aliphatic carbocycles. The van der Waals surface area contributed by atoms with Gasteiger partial charge in [0.1, 0.15) is 0 Å². The number of halogens is 1. The standard InChI is InChI=1S/C17H26N2O2.ClH/c1-21-11-10-17(8-2-3-9-17)13-19-16(20)15-6-4-14(12-18)5-7-15;/h4-7H,2-3,8-13,18H2,1H3,(H,19,20);1H. The summed E-state index contributed by atoms with van der Waals surface area (Å²) < 4.78 is 5.22. The van der Waals surface area contributed by atoms with E-state index in [0.29, 0.717) is 12.1 Å². The molecule has 1 aromatic rings. The Bertz CT molecular complexity index is 456. The fraction of sp³-hybridized carbons (Fsp3) is 0.588. The maximum absolute atomic E-state index is 12.2. The largest absolute Gasteiger partial charge is 0.385 e. The van der Waals surface area contributed by atoms with Crippen molar-refractivity contribution in [1.29, 1.82) is 0 Å². The van der Waals surface area contributed by atoms with Gasteiger partial charge in [-0.15, -0.1) is 12.4 Å². The smallest absolute Gasteiger partial charge is 0.251 e. The molecule has 1 aliphatic rings. The Balaban J connectivity index is 0.00000242. The van der Waals surface area contributed by atoms with Gasteiger partial charge < -0.3 is 15.8 Å². The Morgan fingerprint density at radius 1 is 1.27 bits per heavy atom. The summed E-state index contributed by atoms with van der Waals surface area (Å²) in [7, 11) is 1.74. The van der Waals surface area contributed by atoms with Gasteiger partial charge in [0.25, 0.3) is 5.91 Å². The van der Waals surface area contributed by atoms with E-state index in [2.05, 4.69) is 5.32 Å². The number of ether oxygens (including phenoxy) is 1. The van der Waals surface area contributed by atoms with Crippen LogP contribution in [0.5, 0.6) is 0 Å². The minimum absolute atomic E-state index is 0. The van der Waals surface area contributed by atoms with Crippen molar-refractivity contribution in [2.45, 2.75) is 38.6 Å². The van der Waals surface area contributed by atoms with Crippen LogP contribution in [0.4, 0.5) is 0 Å². The first-order valence-electron chi connectivity index (χ1n) is 7.75. The van der Waals surface area contributed by atoms with Crippen LogP contribution in [0.25, 0.3) is 0 Å². The maximum Gasteiger partial charge on any atom is 0.251 e. The van der Waals surface area contributed by atoms with Gasteiger partial charge in [0.15, 0.2) is 0 Å². The molecule has 0 saturated heterocycles. The molecule has 1 fully saturated rings. The topological polar surface area (TPSA) is 64.3 Å². The molecule has 0 heterocycles. The van der Waals surface area contributed by atoms with Gasteiger partial charge in [-0.3, -0.25) is 4.79 Å². The molecule has 1 aromatic carbocycles. The molecule has 3 N–H and O–H groups in total. The van der Waals surface area contributed by atoms with E-state index in [9.17, 15) is 4.79 Å². The summed E-state index contributed by atoms with van der Waals surface area (Å²) in [5.74, 6) is 0.00210. The van der Waals surface area contributed by atoms with Crippen LogP contribution in [-0.2, 0) is 11.3 Å². The molecule has 124 valence electrons. The lowest BCUT2D eigenvalue weighted by Crippen LogP contribution is -2.36. The van der Waals surface area contributed by atoms with Crippen molar-refractivity contribution in [3.63, 3.8) is 0 Å². The van der Waals surface area contributed by atoms with Gasteiger partial charge in [0.2, 0.25) is 0 Å². The summed E-state index contributed by atoms with van der Waals surface area (Å²) in [4.78, 5) is 12.2. The predicted molar refractivity (Wildman–Crippen MR) is 91.3 cm³/mol. The SMILES string of the molecule is COCCC1(CNC(=O)c2ccc(CN)cc2)CCCC1.Cl. The van der Waals surface area contributed by atoms with Crippen LogP contribution in [0, 0.1) is 5.41 Å². The predicted octanol–water partition coefficient (Wildman–Crippen LogP) is 2.89. The fourth-order valence-corrected chi connectivity index (χ4v) is 3.12. The number of amides is 1. The zero-order valence-corrected chi connectivity index (χ0v) is 14.1. The van der Waals surface area contributed by atoms with Gasteiger partial charge in [0, 0.05) is 32.4 Å². The van der Waals surface area contributed by atoms with Gasteiger partial charge in [0.05, 0.1) is 0 Å². The van der Waals surface area contributed by atoms with E-state index >= 15 is 0 Å². The average molecular weight is 327 g/mol. The first-order valence-corrected chi connectivity index (χ1v) is 7.75. The first kappa shape index (κ1) is 18.9. The first-order chi connectivity index (χ1) is 10.2. The average Bonchev–Trinajstić information content (AvgIpc) is 3.00. The number of hydrogen-bond acceptors (Lipinski definition) is 3. The summed E-state index contributed by atoms with van der Waals surface area (Å²) >= 11 is 0. The second kappa shape index (κ2) is 9.13. The molecule has 0 bridgehead atoms. The summed E-state index contributed by atoms with van der Waals surface area (Å²) in [6.45, 7) is 2.01. The quantitative estimate of drug-likeness (QED) is 0.809. The van der Waals surface area contributed by atoms with Gasteiger partial charge in [-0.2, -0.15) is 0 Å². The number of rotatable bonds is 7. The van der Waals surface area contributed by atoms with Gasteiger partial charge in [-0.25, -0.2) is 0 Å². The number of nitrogens with one attached hydrogen (secondary N) is 1. The van der Waals surface area contributed by atoms with Crippen LogP contribution in [0.3, 0.4) is 0 Å². The molecule has 0 radical (unpaired) electrons. The Labute approximate surface area is 139 Å². The minimum Gasteiger partial charge on any atom is -0.385 e. The number of carbonyl (C=O) groups is 1. The number of carbonyl (C=O) groups excluding carboxylic acids is 1. The maximum atomic E-state index is 12.2.